The van der Waals surface area contributed by atoms with Crippen molar-refractivity contribution >= 4 is 50.2 Å². The van der Waals surface area contributed by atoms with Crippen LogP contribution in [0.5, 0.6) is 5.75 Å². The van der Waals surface area contributed by atoms with Gasteiger partial charge in [0.05, 0.1) is 21.4 Å². The Morgan fingerprint density at radius 3 is 2.91 bits per heavy atom. The second kappa shape index (κ2) is 6.19. The highest BCUT2D eigenvalue weighted by atomic mass is 35.5. The lowest BCUT2D eigenvalue weighted by atomic mass is 10.2. The minimum atomic E-state index is -0.709. The van der Waals surface area contributed by atoms with E-state index in [0.717, 1.165) is 16.3 Å². The molecular formula is C14H9ClN4O3S. The molecular weight excluding hydrogens is 340 g/mol. The summed E-state index contributed by atoms with van der Waals surface area (Å²) in [6.45, 7) is 0. The van der Waals surface area contributed by atoms with Gasteiger partial charge >= 0.3 is 5.69 Å². The van der Waals surface area contributed by atoms with Crippen molar-refractivity contribution in [3.8, 4) is 5.75 Å². The number of phenols is 1. The molecule has 1 heterocycles. The summed E-state index contributed by atoms with van der Waals surface area (Å²) in [7, 11) is 0. The highest BCUT2D eigenvalue weighted by Crippen LogP contribution is 2.32. The number of aromatic hydroxyl groups is 1. The molecule has 0 spiro atoms. The second-order valence-electron chi connectivity index (χ2n) is 4.48. The maximum absolute atomic E-state index is 10.8. The van der Waals surface area contributed by atoms with Crippen LogP contribution in [0.25, 0.3) is 10.2 Å². The lowest BCUT2D eigenvalue weighted by Gasteiger charge is -2.01. The maximum Gasteiger partial charge on any atom is 0.312 e. The summed E-state index contributed by atoms with van der Waals surface area (Å²) in [5.41, 5.74) is 3.24. The average Bonchev–Trinajstić information content (AvgIpc) is 2.92. The van der Waals surface area contributed by atoms with Crippen molar-refractivity contribution in [2.45, 2.75) is 0 Å². The number of benzene rings is 2. The van der Waals surface area contributed by atoms with Crippen molar-refractivity contribution < 1.29 is 10.0 Å². The number of para-hydroxylation sites is 1. The quantitative estimate of drug-likeness (QED) is 0.421. The second-order valence-corrected chi connectivity index (χ2v) is 5.94. The van der Waals surface area contributed by atoms with E-state index in [4.69, 9.17) is 11.6 Å². The lowest BCUT2D eigenvalue weighted by molar-refractivity contribution is -0.385. The molecule has 116 valence electrons. The fourth-order valence-electron chi connectivity index (χ4n) is 1.92. The Hall–Kier alpha value is -2.71. The zero-order chi connectivity index (χ0) is 16.4. The topological polar surface area (TPSA) is 101 Å². The van der Waals surface area contributed by atoms with Gasteiger partial charge in [-0.3, -0.25) is 15.5 Å². The fourth-order valence-corrected chi connectivity index (χ4v) is 2.96. The van der Waals surface area contributed by atoms with E-state index >= 15 is 0 Å². The minimum absolute atomic E-state index is 0.135. The molecule has 2 N–H and O–H groups in total. The number of hydrogen-bond donors (Lipinski definition) is 2. The molecule has 3 aromatic rings. The number of nitro groups is 1. The van der Waals surface area contributed by atoms with Gasteiger partial charge in [0.25, 0.3) is 0 Å². The molecule has 0 saturated carbocycles. The number of fused-ring (bicyclic) bond motifs is 1. The van der Waals surface area contributed by atoms with Gasteiger partial charge < -0.3 is 5.11 Å². The molecule has 0 bridgehead atoms. The minimum Gasteiger partial charge on any atom is -0.502 e. The number of aromatic nitrogens is 1. The standard InChI is InChI=1S/C14H9ClN4O3S/c15-9-5-8(13(20)11(6-9)19(21)22)7-16-18-14-17-10-3-1-2-4-12(10)23-14/h1-7,20H,(H,17,18)/b16-7-. The summed E-state index contributed by atoms with van der Waals surface area (Å²) < 4.78 is 1.01. The molecule has 0 atom stereocenters. The molecule has 0 amide bonds. The van der Waals surface area contributed by atoms with Crippen LogP contribution in [0.1, 0.15) is 5.56 Å². The molecule has 7 nitrogen and oxygen atoms in total. The van der Waals surface area contributed by atoms with Gasteiger partial charge in [-0.2, -0.15) is 5.10 Å². The van der Waals surface area contributed by atoms with Crippen molar-refractivity contribution in [2.75, 3.05) is 5.43 Å². The first-order valence-electron chi connectivity index (χ1n) is 6.36. The summed E-state index contributed by atoms with van der Waals surface area (Å²) in [6, 6.07) is 10.1. The zero-order valence-corrected chi connectivity index (χ0v) is 13.0. The normalized spacial score (nSPS) is 11.2. The molecule has 23 heavy (non-hydrogen) atoms. The van der Waals surface area contributed by atoms with Gasteiger partial charge in [0, 0.05) is 16.7 Å². The molecule has 0 aliphatic rings. The van der Waals surface area contributed by atoms with Crippen LogP contribution < -0.4 is 5.43 Å². The number of thiazole rings is 1. The first-order chi connectivity index (χ1) is 11.0. The van der Waals surface area contributed by atoms with Crippen LogP contribution in [-0.2, 0) is 0 Å². The molecule has 1 aromatic heterocycles. The number of halogens is 1. The van der Waals surface area contributed by atoms with Crippen LogP contribution in [0, 0.1) is 10.1 Å². The third-order valence-corrected chi connectivity index (χ3v) is 4.10. The summed E-state index contributed by atoms with van der Waals surface area (Å²) in [6.07, 6.45) is 1.25. The fraction of sp³-hybridized carbons (Fsp3) is 0. The number of anilines is 1. The van der Waals surface area contributed by atoms with Gasteiger partial charge in [0.2, 0.25) is 10.9 Å². The molecule has 9 heteroatoms. The molecule has 0 aliphatic heterocycles. The highest BCUT2D eigenvalue weighted by Gasteiger charge is 2.17. The van der Waals surface area contributed by atoms with Crippen LogP contribution in [-0.4, -0.2) is 21.2 Å². The van der Waals surface area contributed by atoms with E-state index in [9.17, 15) is 15.2 Å². The third kappa shape index (κ3) is 3.22. The summed E-state index contributed by atoms with van der Waals surface area (Å²) in [4.78, 5) is 14.5. The monoisotopic (exact) mass is 348 g/mol. The number of hydrogen-bond acceptors (Lipinski definition) is 7. The highest BCUT2D eigenvalue weighted by molar-refractivity contribution is 7.22. The maximum atomic E-state index is 10.8. The van der Waals surface area contributed by atoms with Crippen LogP contribution >= 0.6 is 22.9 Å². The molecule has 0 radical (unpaired) electrons. The van der Waals surface area contributed by atoms with Crippen molar-refractivity contribution in [1.82, 2.24) is 4.98 Å². The van der Waals surface area contributed by atoms with Gasteiger partial charge in [-0.05, 0) is 18.2 Å². The Labute approximate surface area is 139 Å². The van der Waals surface area contributed by atoms with Crippen molar-refractivity contribution in [1.29, 1.82) is 0 Å². The summed E-state index contributed by atoms with van der Waals surface area (Å²) in [5.74, 6) is -0.491. The molecule has 0 saturated heterocycles. The Kier molecular flexibility index (Phi) is 4.09. The van der Waals surface area contributed by atoms with E-state index < -0.39 is 16.4 Å². The van der Waals surface area contributed by atoms with Crippen LogP contribution in [0.2, 0.25) is 5.02 Å². The van der Waals surface area contributed by atoms with Gasteiger partial charge in [-0.25, -0.2) is 4.98 Å². The van der Waals surface area contributed by atoms with E-state index in [1.54, 1.807) is 0 Å². The number of nitrogens with one attached hydrogen (secondary N) is 1. The van der Waals surface area contributed by atoms with Crippen LogP contribution in [0.3, 0.4) is 0 Å². The van der Waals surface area contributed by atoms with Crippen LogP contribution in [0.15, 0.2) is 41.5 Å². The smallest absolute Gasteiger partial charge is 0.312 e. The predicted molar refractivity (Wildman–Crippen MR) is 90.6 cm³/mol. The Balaban J connectivity index is 1.84. The Bertz CT molecular complexity index is 893. The van der Waals surface area contributed by atoms with Crippen molar-refractivity contribution in [2.24, 2.45) is 5.10 Å². The molecule has 2 aromatic carbocycles. The van der Waals surface area contributed by atoms with Gasteiger partial charge in [-0.15, -0.1) is 0 Å². The van der Waals surface area contributed by atoms with E-state index in [0.29, 0.717) is 5.13 Å². The zero-order valence-electron chi connectivity index (χ0n) is 11.4. The third-order valence-electron chi connectivity index (χ3n) is 2.94. The summed E-state index contributed by atoms with van der Waals surface area (Å²) in [5, 5.41) is 25.3. The van der Waals surface area contributed by atoms with Gasteiger partial charge in [0.1, 0.15) is 0 Å². The first kappa shape index (κ1) is 15.2. The van der Waals surface area contributed by atoms with Gasteiger partial charge in [0.15, 0.2) is 0 Å². The number of nitrogens with zero attached hydrogens (tertiary/aromatic N) is 3. The van der Waals surface area contributed by atoms with E-state index in [-0.39, 0.29) is 10.6 Å². The molecule has 3 rings (SSSR count). The Morgan fingerprint density at radius 1 is 1.39 bits per heavy atom. The molecule has 0 unspecified atom stereocenters. The largest absolute Gasteiger partial charge is 0.502 e. The van der Waals surface area contributed by atoms with Crippen LogP contribution in [0.4, 0.5) is 10.8 Å². The summed E-state index contributed by atoms with van der Waals surface area (Å²) >= 11 is 7.22. The predicted octanol–water partition coefficient (Wildman–Crippen LogP) is 4.01. The van der Waals surface area contributed by atoms with Gasteiger partial charge in [-0.1, -0.05) is 35.1 Å². The van der Waals surface area contributed by atoms with E-state index in [1.165, 1.54) is 23.6 Å². The molecule has 0 aliphatic carbocycles. The Morgan fingerprint density at radius 2 is 2.17 bits per heavy atom. The first-order valence-corrected chi connectivity index (χ1v) is 7.55. The van der Waals surface area contributed by atoms with E-state index in [2.05, 4.69) is 15.5 Å². The number of nitro benzene ring substituents is 1. The number of phenolic OH excluding ortho intramolecular Hbond substituents is 1. The average molecular weight is 349 g/mol. The number of rotatable bonds is 4. The number of hydrazone groups is 1. The van der Waals surface area contributed by atoms with Crippen molar-refractivity contribution in [3.63, 3.8) is 0 Å². The lowest BCUT2D eigenvalue weighted by Crippen LogP contribution is -1.94. The van der Waals surface area contributed by atoms with Crippen molar-refractivity contribution in [3.05, 3.63) is 57.1 Å². The van der Waals surface area contributed by atoms with E-state index in [1.807, 2.05) is 24.3 Å². The molecule has 0 fully saturated rings. The SMILES string of the molecule is O=[N+]([O-])c1cc(Cl)cc(/C=N\Nc2nc3ccccc3s2)c1O.